The van der Waals surface area contributed by atoms with Crippen molar-refractivity contribution in [3.63, 3.8) is 0 Å². The zero-order valence-electron chi connectivity index (χ0n) is 17.7. The predicted molar refractivity (Wildman–Crippen MR) is 123 cm³/mol. The van der Waals surface area contributed by atoms with Crippen LogP contribution in [0, 0.1) is 18.2 Å². The van der Waals surface area contributed by atoms with Gasteiger partial charge in [0.25, 0.3) is 0 Å². The molecule has 4 nitrogen and oxygen atoms in total. The van der Waals surface area contributed by atoms with Crippen molar-refractivity contribution in [1.82, 2.24) is 14.8 Å². The van der Waals surface area contributed by atoms with Crippen LogP contribution < -0.4 is 4.90 Å². The Balaban J connectivity index is 1.47. The van der Waals surface area contributed by atoms with Gasteiger partial charge in [-0.25, -0.2) is 9.07 Å². The van der Waals surface area contributed by atoms with Crippen LogP contribution in [0.3, 0.4) is 0 Å². The molecule has 3 aromatic rings. The van der Waals surface area contributed by atoms with Gasteiger partial charge in [-0.3, -0.25) is 0 Å². The van der Waals surface area contributed by atoms with Crippen molar-refractivity contribution in [1.29, 1.82) is 0 Å². The molecule has 0 N–H and O–H groups in total. The van der Waals surface area contributed by atoms with Crippen LogP contribution in [-0.2, 0) is 0 Å². The van der Waals surface area contributed by atoms with Gasteiger partial charge in [0, 0.05) is 30.1 Å². The lowest BCUT2D eigenvalue weighted by molar-refractivity contribution is 0.382. The zero-order valence-corrected chi connectivity index (χ0v) is 19.3. The summed E-state index contributed by atoms with van der Waals surface area (Å²) in [5, 5.41) is 6.09. The van der Waals surface area contributed by atoms with Gasteiger partial charge < -0.3 is 4.90 Å². The molecule has 1 aliphatic carbocycles. The number of hydrogen-bond donors (Lipinski definition) is 0. The highest BCUT2D eigenvalue weighted by atomic mass is 32.2. The van der Waals surface area contributed by atoms with E-state index in [0.717, 1.165) is 40.9 Å². The maximum Gasteiger partial charge on any atom is 0.213 e. The van der Waals surface area contributed by atoms with Crippen LogP contribution in [0.25, 0.3) is 16.3 Å². The number of nitrogens with zero attached hydrogens (tertiary/aromatic N) is 4. The molecular weight excluding hydrogens is 415 g/mol. The Morgan fingerprint density at radius 2 is 1.93 bits per heavy atom. The first-order valence-corrected chi connectivity index (χ1v) is 12.4. The van der Waals surface area contributed by atoms with E-state index < -0.39 is 0 Å². The molecule has 5 rings (SSSR count). The summed E-state index contributed by atoms with van der Waals surface area (Å²) in [6.45, 7) is 8.62. The van der Waals surface area contributed by atoms with Crippen molar-refractivity contribution in [3.05, 3.63) is 42.0 Å². The molecule has 1 spiro atoms. The number of piperidine rings is 1. The third-order valence-electron chi connectivity index (χ3n) is 6.22. The second-order valence-corrected chi connectivity index (χ2v) is 11.7. The van der Waals surface area contributed by atoms with E-state index in [4.69, 9.17) is 10.1 Å². The van der Waals surface area contributed by atoms with Crippen LogP contribution in [-0.4, -0.2) is 33.1 Å². The van der Waals surface area contributed by atoms with E-state index >= 15 is 0 Å². The molecule has 1 aromatic carbocycles. The topological polar surface area (TPSA) is 34.0 Å². The Morgan fingerprint density at radius 1 is 1.17 bits per heavy atom. The van der Waals surface area contributed by atoms with Crippen LogP contribution >= 0.6 is 23.1 Å². The highest BCUT2D eigenvalue weighted by molar-refractivity contribution is 8.01. The van der Waals surface area contributed by atoms with Gasteiger partial charge in [0.2, 0.25) is 5.13 Å². The van der Waals surface area contributed by atoms with Crippen molar-refractivity contribution in [2.45, 2.75) is 55.9 Å². The minimum atomic E-state index is -0.231. The molecule has 1 aliphatic heterocycles. The number of hydrogen-bond acceptors (Lipinski definition) is 5. The first-order chi connectivity index (χ1) is 14.4. The first kappa shape index (κ1) is 20.1. The van der Waals surface area contributed by atoms with Crippen molar-refractivity contribution in [3.8, 4) is 16.3 Å². The van der Waals surface area contributed by atoms with E-state index in [9.17, 15) is 4.39 Å². The van der Waals surface area contributed by atoms with E-state index in [2.05, 4.69) is 18.7 Å². The Hall–Kier alpha value is -1.86. The Labute approximate surface area is 185 Å². The summed E-state index contributed by atoms with van der Waals surface area (Å²) >= 11 is 3.59. The Kier molecular flexibility index (Phi) is 5.14. The average molecular weight is 443 g/mol. The highest BCUT2D eigenvalue weighted by Gasteiger charge is 2.45. The van der Waals surface area contributed by atoms with Crippen LogP contribution in [0.2, 0.25) is 0 Å². The number of anilines is 1. The third-order valence-corrected chi connectivity index (χ3v) is 8.46. The summed E-state index contributed by atoms with van der Waals surface area (Å²) in [5.41, 5.74) is 3.32. The second-order valence-electron chi connectivity index (χ2n) is 8.84. The fraction of sp³-hybridized carbons (Fsp3) is 0.478. The SMILES string of the molecule is Cc1nn(-c2nc(N3CCC4(CC3)CC4)c(SC(C)C)s2)cc1-c1cccc(F)c1. The molecule has 0 bridgehead atoms. The summed E-state index contributed by atoms with van der Waals surface area (Å²) in [7, 11) is 0. The molecule has 7 heteroatoms. The molecule has 1 saturated carbocycles. The average Bonchev–Trinajstić information content (AvgIpc) is 3.15. The number of aryl methyl sites for hydroxylation is 1. The maximum atomic E-state index is 13.7. The third kappa shape index (κ3) is 3.89. The molecular formula is C23H27FN4S2. The van der Waals surface area contributed by atoms with E-state index in [0.29, 0.717) is 10.7 Å². The van der Waals surface area contributed by atoms with E-state index in [1.165, 1.54) is 36.0 Å². The molecule has 1 saturated heterocycles. The second kappa shape index (κ2) is 7.68. The predicted octanol–water partition coefficient (Wildman–Crippen LogP) is 6.32. The monoisotopic (exact) mass is 442 g/mol. The fourth-order valence-electron chi connectivity index (χ4n) is 4.24. The van der Waals surface area contributed by atoms with Gasteiger partial charge in [0.15, 0.2) is 5.82 Å². The molecule has 2 aromatic heterocycles. The van der Waals surface area contributed by atoms with E-state index in [1.54, 1.807) is 23.5 Å². The maximum absolute atomic E-state index is 13.7. The van der Waals surface area contributed by atoms with Gasteiger partial charge in [0.05, 0.1) is 5.69 Å². The molecule has 30 heavy (non-hydrogen) atoms. The smallest absolute Gasteiger partial charge is 0.213 e. The van der Waals surface area contributed by atoms with Crippen molar-refractivity contribution >= 4 is 28.9 Å². The van der Waals surface area contributed by atoms with Crippen molar-refractivity contribution < 1.29 is 4.39 Å². The molecule has 0 atom stereocenters. The number of rotatable bonds is 5. The number of thioether (sulfide) groups is 1. The lowest BCUT2D eigenvalue weighted by atomic mass is 9.94. The van der Waals surface area contributed by atoms with E-state index in [1.807, 2.05) is 35.6 Å². The normalized spacial score (nSPS) is 17.8. The molecule has 0 radical (unpaired) electrons. The van der Waals surface area contributed by atoms with Crippen LogP contribution in [0.5, 0.6) is 0 Å². The lowest BCUT2D eigenvalue weighted by Crippen LogP contribution is -2.35. The van der Waals surface area contributed by atoms with Crippen LogP contribution in [0.4, 0.5) is 10.2 Å². The molecule has 2 aliphatic rings. The zero-order chi connectivity index (χ0) is 20.9. The molecule has 2 fully saturated rings. The van der Waals surface area contributed by atoms with Gasteiger partial charge in [-0.1, -0.05) is 37.3 Å². The molecule has 0 amide bonds. The summed E-state index contributed by atoms with van der Waals surface area (Å²) in [6.07, 6.45) is 7.37. The highest BCUT2D eigenvalue weighted by Crippen LogP contribution is 2.54. The summed E-state index contributed by atoms with van der Waals surface area (Å²) in [6, 6.07) is 6.69. The molecule has 0 unspecified atom stereocenters. The summed E-state index contributed by atoms with van der Waals surface area (Å²) < 4.78 is 16.8. The minimum Gasteiger partial charge on any atom is -0.355 e. The summed E-state index contributed by atoms with van der Waals surface area (Å²) in [4.78, 5) is 7.51. The van der Waals surface area contributed by atoms with Gasteiger partial charge in [-0.2, -0.15) is 10.1 Å². The Morgan fingerprint density at radius 3 is 2.60 bits per heavy atom. The minimum absolute atomic E-state index is 0.231. The van der Waals surface area contributed by atoms with Gasteiger partial charge in [-0.05, 0) is 55.7 Å². The number of halogens is 1. The number of benzene rings is 1. The van der Waals surface area contributed by atoms with E-state index in [-0.39, 0.29) is 5.82 Å². The van der Waals surface area contributed by atoms with Gasteiger partial charge >= 0.3 is 0 Å². The quantitative estimate of drug-likeness (QED) is 0.433. The number of aromatic nitrogens is 3. The number of thiazole rings is 1. The van der Waals surface area contributed by atoms with Crippen molar-refractivity contribution in [2.75, 3.05) is 18.0 Å². The largest absolute Gasteiger partial charge is 0.355 e. The lowest BCUT2D eigenvalue weighted by Gasteiger charge is -2.32. The fourth-order valence-corrected chi connectivity index (χ4v) is 6.70. The molecule has 3 heterocycles. The van der Waals surface area contributed by atoms with Gasteiger partial charge in [0.1, 0.15) is 10.0 Å². The standard InChI is InChI=1S/C23H27FN4S2/c1-15(2)29-21-20(27-11-9-23(7-8-23)10-12-27)25-22(30-21)28-14-19(16(3)26-28)17-5-4-6-18(24)13-17/h4-6,13-15H,7-12H2,1-3H3. The van der Waals surface area contributed by atoms with Crippen molar-refractivity contribution in [2.24, 2.45) is 5.41 Å². The van der Waals surface area contributed by atoms with Crippen LogP contribution in [0.15, 0.2) is 34.7 Å². The molecule has 158 valence electrons. The summed E-state index contributed by atoms with van der Waals surface area (Å²) in [5.74, 6) is 0.884. The Bertz CT molecular complexity index is 1060. The van der Waals surface area contributed by atoms with Gasteiger partial charge in [-0.15, -0.1) is 11.8 Å². The first-order valence-electron chi connectivity index (χ1n) is 10.7. The van der Waals surface area contributed by atoms with Crippen LogP contribution in [0.1, 0.15) is 45.2 Å².